The quantitative estimate of drug-likeness (QED) is 0.664. The van der Waals surface area contributed by atoms with Crippen molar-refractivity contribution in [2.45, 2.75) is 25.4 Å². The third kappa shape index (κ3) is 3.27. The first kappa shape index (κ1) is 20.4. The second-order valence-electron chi connectivity index (χ2n) is 7.99. The molecule has 5 rings (SSSR count). The number of rotatable bonds is 5. The summed E-state index contributed by atoms with van der Waals surface area (Å²) in [5, 5.41) is 0. The predicted molar refractivity (Wildman–Crippen MR) is 120 cm³/mol. The third-order valence-electron chi connectivity index (χ3n) is 6.27. The molecule has 2 N–H and O–H groups in total. The van der Waals surface area contributed by atoms with Gasteiger partial charge in [-0.1, -0.05) is 6.07 Å². The van der Waals surface area contributed by atoms with E-state index in [1.165, 1.54) is 19.4 Å². The van der Waals surface area contributed by atoms with Gasteiger partial charge in [0.25, 0.3) is 5.91 Å². The average molecular weight is 433 g/mol. The Morgan fingerprint density at radius 2 is 2.09 bits per heavy atom. The summed E-state index contributed by atoms with van der Waals surface area (Å²) in [6.45, 7) is 1.82. The van der Waals surface area contributed by atoms with Crippen LogP contribution in [0, 0.1) is 5.82 Å². The van der Waals surface area contributed by atoms with E-state index >= 15 is 0 Å². The molecule has 1 saturated heterocycles. The average Bonchev–Trinajstić information content (AvgIpc) is 3.44. The number of aromatic nitrogens is 2. The molecule has 0 radical (unpaired) electrons. The van der Waals surface area contributed by atoms with Crippen LogP contribution in [-0.4, -0.2) is 42.1 Å². The zero-order valence-corrected chi connectivity index (χ0v) is 17.8. The lowest BCUT2D eigenvalue weighted by atomic mass is 10.0. The standard InChI is InChI=1S/C24H24FN5O2/c1-32-20-6-2-5-19(25)22(20)23-18-14-30(24(31)17(18)9-10-27-23)21-8-7-16(13-28-21)29-11-3-4-15(29)12-26/h2,5-10,13,15H,3-4,11-12,14,26H2,1H3. The van der Waals surface area contributed by atoms with E-state index in [1.54, 1.807) is 29.3 Å². The molecule has 0 spiro atoms. The number of carbonyl (C=O) groups is 1. The normalized spacial score (nSPS) is 17.7. The summed E-state index contributed by atoms with van der Waals surface area (Å²) in [4.78, 5) is 26.0. The van der Waals surface area contributed by atoms with Crippen LogP contribution in [0.25, 0.3) is 11.3 Å². The summed E-state index contributed by atoms with van der Waals surface area (Å²) in [5.74, 6) is 0.295. The van der Waals surface area contributed by atoms with Gasteiger partial charge in [-0.2, -0.15) is 0 Å². The first-order chi connectivity index (χ1) is 15.6. The third-order valence-corrected chi connectivity index (χ3v) is 6.27. The maximum atomic E-state index is 14.7. The van der Waals surface area contributed by atoms with E-state index in [2.05, 4.69) is 14.9 Å². The summed E-state index contributed by atoms with van der Waals surface area (Å²) in [6.07, 6.45) is 5.50. The molecule has 0 bridgehead atoms. The highest BCUT2D eigenvalue weighted by Gasteiger charge is 2.33. The second kappa shape index (κ2) is 8.20. The summed E-state index contributed by atoms with van der Waals surface area (Å²) in [7, 11) is 1.49. The molecule has 164 valence electrons. The topological polar surface area (TPSA) is 84.6 Å². The number of fused-ring (bicyclic) bond motifs is 1. The minimum Gasteiger partial charge on any atom is -0.496 e. The van der Waals surface area contributed by atoms with Gasteiger partial charge in [0.15, 0.2) is 0 Å². The van der Waals surface area contributed by atoms with Gasteiger partial charge in [0, 0.05) is 36.5 Å². The summed E-state index contributed by atoms with van der Waals surface area (Å²) in [6, 6.07) is 10.4. The van der Waals surface area contributed by atoms with E-state index in [9.17, 15) is 9.18 Å². The van der Waals surface area contributed by atoms with Crippen LogP contribution >= 0.6 is 0 Å². The molecule has 2 aliphatic heterocycles. The van der Waals surface area contributed by atoms with Gasteiger partial charge in [0.2, 0.25) is 0 Å². The maximum Gasteiger partial charge on any atom is 0.260 e. The summed E-state index contributed by atoms with van der Waals surface area (Å²) in [5.41, 5.74) is 8.72. The Kier molecular flexibility index (Phi) is 5.22. The highest BCUT2D eigenvalue weighted by atomic mass is 19.1. The molecule has 2 aromatic heterocycles. The number of hydrogen-bond donors (Lipinski definition) is 1. The highest BCUT2D eigenvalue weighted by Crippen LogP contribution is 2.38. The smallest absolute Gasteiger partial charge is 0.260 e. The molecule has 32 heavy (non-hydrogen) atoms. The number of amides is 1. The SMILES string of the molecule is COc1cccc(F)c1-c1nccc2c1CN(c1ccc(N3CCCC3CN)cn1)C2=O. The van der Waals surface area contributed by atoms with E-state index in [0.717, 1.165) is 25.1 Å². The Hall–Kier alpha value is -3.52. The Balaban J connectivity index is 1.47. The Bertz CT molecular complexity index is 1170. The maximum absolute atomic E-state index is 14.7. The van der Waals surface area contributed by atoms with E-state index in [0.29, 0.717) is 41.0 Å². The fourth-order valence-electron chi connectivity index (χ4n) is 4.66. The van der Waals surface area contributed by atoms with Gasteiger partial charge in [-0.15, -0.1) is 0 Å². The van der Waals surface area contributed by atoms with Crippen LogP contribution in [0.4, 0.5) is 15.9 Å². The fourth-order valence-corrected chi connectivity index (χ4v) is 4.66. The number of nitrogens with zero attached hydrogens (tertiary/aromatic N) is 4. The molecule has 2 aliphatic rings. The van der Waals surface area contributed by atoms with Crippen molar-refractivity contribution in [3.05, 3.63) is 65.7 Å². The molecule has 1 aromatic carbocycles. The van der Waals surface area contributed by atoms with Gasteiger partial charge in [0.1, 0.15) is 17.4 Å². The largest absolute Gasteiger partial charge is 0.496 e. The van der Waals surface area contributed by atoms with Crippen LogP contribution in [0.2, 0.25) is 0 Å². The minimum absolute atomic E-state index is 0.180. The predicted octanol–water partition coefficient (Wildman–Crippen LogP) is 3.38. The highest BCUT2D eigenvalue weighted by molar-refractivity contribution is 6.10. The Morgan fingerprint density at radius 1 is 1.22 bits per heavy atom. The molecule has 7 nitrogen and oxygen atoms in total. The van der Waals surface area contributed by atoms with E-state index in [4.69, 9.17) is 10.5 Å². The molecule has 0 saturated carbocycles. The first-order valence-corrected chi connectivity index (χ1v) is 10.7. The molecular formula is C24H24FN5O2. The van der Waals surface area contributed by atoms with Crippen LogP contribution in [0.3, 0.4) is 0 Å². The number of anilines is 2. The van der Waals surface area contributed by atoms with Crippen LogP contribution < -0.4 is 20.3 Å². The van der Waals surface area contributed by atoms with Crippen molar-refractivity contribution in [1.82, 2.24) is 9.97 Å². The van der Waals surface area contributed by atoms with Gasteiger partial charge in [-0.25, -0.2) is 9.37 Å². The second-order valence-corrected chi connectivity index (χ2v) is 7.99. The van der Waals surface area contributed by atoms with Crippen molar-refractivity contribution in [2.75, 3.05) is 30.0 Å². The molecule has 1 fully saturated rings. The van der Waals surface area contributed by atoms with Crippen LogP contribution in [0.5, 0.6) is 5.75 Å². The number of ether oxygens (including phenoxy) is 1. The fraction of sp³-hybridized carbons (Fsp3) is 0.292. The van der Waals surface area contributed by atoms with Crippen molar-refractivity contribution >= 4 is 17.4 Å². The Labute approximate surface area is 185 Å². The Morgan fingerprint density at radius 3 is 2.84 bits per heavy atom. The van der Waals surface area contributed by atoms with Crippen molar-refractivity contribution < 1.29 is 13.9 Å². The molecule has 1 amide bonds. The minimum atomic E-state index is -0.446. The van der Waals surface area contributed by atoms with E-state index in [1.807, 2.05) is 12.1 Å². The monoisotopic (exact) mass is 433 g/mol. The lowest BCUT2D eigenvalue weighted by molar-refractivity contribution is 0.0996. The van der Waals surface area contributed by atoms with Gasteiger partial charge in [0.05, 0.1) is 36.8 Å². The number of halogens is 1. The molecule has 0 aliphatic carbocycles. The van der Waals surface area contributed by atoms with Crippen molar-refractivity contribution in [3.63, 3.8) is 0 Å². The van der Waals surface area contributed by atoms with Gasteiger partial charge in [-0.05, 0) is 43.2 Å². The number of pyridine rings is 2. The summed E-state index contributed by atoms with van der Waals surface area (Å²) < 4.78 is 20.1. The van der Waals surface area contributed by atoms with Crippen LogP contribution in [-0.2, 0) is 6.54 Å². The number of methoxy groups -OCH3 is 1. The lowest BCUT2D eigenvalue weighted by Gasteiger charge is -2.26. The molecule has 1 atom stereocenters. The number of hydrogen-bond acceptors (Lipinski definition) is 6. The number of nitrogens with two attached hydrogens (primary N) is 1. The number of carbonyl (C=O) groups excluding carboxylic acids is 1. The zero-order chi connectivity index (χ0) is 22.2. The van der Waals surface area contributed by atoms with E-state index < -0.39 is 5.82 Å². The van der Waals surface area contributed by atoms with Crippen LogP contribution in [0.1, 0.15) is 28.8 Å². The van der Waals surface area contributed by atoms with Crippen LogP contribution in [0.15, 0.2) is 48.8 Å². The first-order valence-electron chi connectivity index (χ1n) is 10.7. The molecule has 4 heterocycles. The van der Waals surface area contributed by atoms with E-state index in [-0.39, 0.29) is 18.0 Å². The van der Waals surface area contributed by atoms with Crippen molar-refractivity contribution in [1.29, 1.82) is 0 Å². The lowest BCUT2D eigenvalue weighted by Crippen LogP contribution is -2.35. The van der Waals surface area contributed by atoms with Crippen molar-refractivity contribution in [3.8, 4) is 17.0 Å². The molecule has 8 heteroatoms. The molecular weight excluding hydrogens is 409 g/mol. The van der Waals surface area contributed by atoms with Crippen molar-refractivity contribution in [2.24, 2.45) is 5.73 Å². The molecule has 3 aromatic rings. The number of benzene rings is 1. The van der Waals surface area contributed by atoms with Gasteiger partial charge < -0.3 is 15.4 Å². The molecule has 1 unspecified atom stereocenters. The summed E-state index contributed by atoms with van der Waals surface area (Å²) >= 11 is 0. The van der Waals surface area contributed by atoms with Gasteiger partial charge in [-0.3, -0.25) is 14.7 Å². The zero-order valence-electron chi connectivity index (χ0n) is 17.8. The van der Waals surface area contributed by atoms with Gasteiger partial charge >= 0.3 is 0 Å².